The van der Waals surface area contributed by atoms with Crippen molar-refractivity contribution in [1.29, 1.82) is 0 Å². The number of methoxy groups -OCH3 is 1. The van der Waals surface area contributed by atoms with Crippen molar-refractivity contribution in [1.82, 2.24) is 24.5 Å². The third-order valence-electron chi connectivity index (χ3n) is 5.69. The monoisotopic (exact) mass is 465 g/mol. The first-order valence-electron chi connectivity index (χ1n) is 10.8. The Labute approximate surface area is 196 Å². The number of hydrogen-bond donors (Lipinski definition) is 1. The second-order valence-corrected chi connectivity index (χ2v) is 9.28. The fourth-order valence-electron chi connectivity index (χ4n) is 3.56. The molecule has 0 aliphatic carbocycles. The average molecular weight is 466 g/mol. The van der Waals surface area contributed by atoms with Gasteiger partial charge >= 0.3 is 0 Å². The van der Waals surface area contributed by atoms with E-state index >= 15 is 0 Å². The molecule has 0 aliphatic heterocycles. The van der Waals surface area contributed by atoms with Gasteiger partial charge in [-0.15, -0.1) is 10.2 Å². The normalized spacial score (nSPS) is 12.4. The van der Waals surface area contributed by atoms with Gasteiger partial charge in [0.05, 0.1) is 29.5 Å². The van der Waals surface area contributed by atoms with Crippen LogP contribution < -0.4 is 15.6 Å². The quantitative estimate of drug-likeness (QED) is 0.420. The van der Waals surface area contributed by atoms with Gasteiger partial charge in [-0.2, -0.15) is 0 Å². The number of ether oxygens (including phenoxy) is 1. The standard InChI is InChI=1S/C24H27N5O3S/c1-14(2)16(4)25-21(30)13-33-24-27-26-23-28(19-12-15(3)10-11-20(19)32-5)22(31)17-8-6-7-9-18(17)29(23)24/h6-12,14,16H,13H2,1-5H3,(H,25,30). The summed E-state index contributed by atoms with van der Waals surface area (Å²) in [7, 11) is 1.57. The molecule has 0 aliphatic rings. The number of fused-ring (bicyclic) bond motifs is 3. The zero-order valence-corrected chi connectivity index (χ0v) is 20.1. The number of nitrogens with one attached hydrogen (secondary N) is 1. The van der Waals surface area contributed by atoms with Crippen molar-refractivity contribution >= 4 is 34.3 Å². The number of aryl methyl sites for hydroxylation is 1. The van der Waals surface area contributed by atoms with Crippen LogP contribution in [-0.4, -0.2) is 44.0 Å². The van der Waals surface area contributed by atoms with Gasteiger partial charge in [0.1, 0.15) is 5.75 Å². The summed E-state index contributed by atoms with van der Waals surface area (Å²) in [5, 5.41) is 12.7. The van der Waals surface area contributed by atoms with Gasteiger partial charge in [0.25, 0.3) is 5.56 Å². The molecule has 0 saturated carbocycles. The van der Waals surface area contributed by atoms with Crippen LogP contribution in [0.2, 0.25) is 0 Å². The van der Waals surface area contributed by atoms with E-state index in [1.165, 1.54) is 16.3 Å². The molecule has 0 saturated heterocycles. The van der Waals surface area contributed by atoms with Crippen LogP contribution in [0.15, 0.2) is 52.4 Å². The zero-order chi connectivity index (χ0) is 23.7. The molecule has 8 nitrogen and oxygen atoms in total. The van der Waals surface area contributed by atoms with E-state index in [0.29, 0.717) is 39.2 Å². The Morgan fingerprint density at radius 1 is 1.15 bits per heavy atom. The molecular weight excluding hydrogens is 438 g/mol. The SMILES string of the molecule is COc1ccc(C)cc1-n1c(=O)c2ccccc2n2c(SCC(=O)NC(C)C(C)C)nnc12. The summed E-state index contributed by atoms with van der Waals surface area (Å²) < 4.78 is 8.88. The van der Waals surface area contributed by atoms with Gasteiger partial charge in [0.2, 0.25) is 11.7 Å². The maximum Gasteiger partial charge on any atom is 0.267 e. The lowest BCUT2D eigenvalue weighted by molar-refractivity contribution is -0.119. The Balaban J connectivity index is 1.86. The molecule has 1 amide bonds. The fraction of sp³-hybridized carbons (Fsp3) is 0.333. The molecule has 9 heteroatoms. The predicted molar refractivity (Wildman–Crippen MR) is 131 cm³/mol. The van der Waals surface area contributed by atoms with E-state index in [1.807, 2.05) is 54.6 Å². The molecular formula is C24H27N5O3S. The number of aromatic nitrogens is 4. The summed E-state index contributed by atoms with van der Waals surface area (Å²) in [5.74, 6) is 1.38. The van der Waals surface area contributed by atoms with Gasteiger partial charge in [-0.3, -0.25) is 14.0 Å². The number of benzene rings is 2. The Morgan fingerprint density at radius 3 is 2.64 bits per heavy atom. The lowest BCUT2D eigenvalue weighted by Crippen LogP contribution is -2.37. The number of amides is 1. The molecule has 33 heavy (non-hydrogen) atoms. The minimum Gasteiger partial charge on any atom is -0.495 e. The Hall–Kier alpha value is -3.33. The van der Waals surface area contributed by atoms with E-state index in [0.717, 1.165) is 5.56 Å². The smallest absolute Gasteiger partial charge is 0.267 e. The second-order valence-electron chi connectivity index (χ2n) is 8.34. The van der Waals surface area contributed by atoms with Crippen LogP contribution in [0.4, 0.5) is 0 Å². The van der Waals surface area contributed by atoms with Crippen molar-refractivity contribution in [3.05, 3.63) is 58.4 Å². The lowest BCUT2D eigenvalue weighted by Gasteiger charge is -2.17. The number of rotatable bonds is 7. The Morgan fingerprint density at radius 2 is 1.91 bits per heavy atom. The van der Waals surface area contributed by atoms with E-state index in [2.05, 4.69) is 29.4 Å². The lowest BCUT2D eigenvalue weighted by atomic mass is 10.1. The van der Waals surface area contributed by atoms with Crippen molar-refractivity contribution in [3.63, 3.8) is 0 Å². The molecule has 4 aromatic rings. The Kier molecular flexibility index (Phi) is 6.42. The van der Waals surface area contributed by atoms with Gasteiger partial charge in [-0.25, -0.2) is 4.57 Å². The van der Waals surface area contributed by atoms with Gasteiger partial charge < -0.3 is 10.1 Å². The van der Waals surface area contributed by atoms with Crippen LogP contribution in [0, 0.1) is 12.8 Å². The molecule has 172 valence electrons. The van der Waals surface area contributed by atoms with Gasteiger partial charge in [-0.05, 0) is 49.6 Å². The van der Waals surface area contributed by atoms with E-state index < -0.39 is 0 Å². The summed E-state index contributed by atoms with van der Waals surface area (Å²) in [6.45, 7) is 8.07. The molecule has 0 bridgehead atoms. The number of para-hydroxylation sites is 1. The van der Waals surface area contributed by atoms with E-state index in [9.17, 15) is 9.59 Å². The minimum atomic E-state index is -0.213. The maximum absolute atomic E-state index is 13.5. The summed E-state index contributed by atoms with van der Waals surface area (Å²) >= 11 is 1.29. The molecule has 2 aromatic heterocycles. The van der Waals surface area contributed by atoms with Gasteiger partial charge in [-0.1, -0.05) is 43.8 Å². The number of hydrogen-bond acceptors (Lipinski definition) is 6. The molecule has 2 aromatic carbocycles. The van der Waals surface area contributed by atoms with Crippen LogP contribution in [0.3, 0.4) is 0 Å². The van der Waals surface area contributed by atoms with Crippen LogP contribution in [0.5, 0.6) is 5.75 Å². The second kappa shape index (κ2) is 9.27. The van der Waals surface area contributed by atoms with E-state index in [4.69, 9.17) is 4.74 Å². The molecule has 1 N–H and O–H groups in total. The average Bonchev–Trinajstić information content (AvgIpc) is 3.21. The number of nitrogens with zero attached hydrogens (tertiary/aromatic N) is 4. The zero-order valence-electron chi connectivity index (χ0n) is 19.3. The highest BCUT2D eigenvalue weighted by atomic mass is 32.2. The van der Waals surface area contributed by atoms with Crippen molar-refractivity contribution < 1.29 is 9.53 Å². The molecule has 0 radical (unpaired) electrons. The van der Waals surface area contributed by atoms with Gasteiger partial charge in [0.15, 0.2) is 5.16 Å². The van der Waals surface area contributed by atoms with Crippen LogP contribution in [-0.2, 0) is 4.79 Å². The highest BCUT2D eigenvalue weighted by Gasteiger charge is 2.21. The molecule has 2 heterocycles. The van der Waals surface area contributed by atoms with Gasteiger partial charge in [0, 0.05) is 6.04 Å². The summed E-state index contributed by atoms with van der Waals surface area (Å²) in [6, 6.07) is 13.0. The van der Waals surface area contributed by atoms with E-state index in [-0.39, 0.29) is 23.3 Å². The van der Waals surface area contributed by atoms with Crippen LogP contribution in [0.25, 0.3) is 22.4 Å². The molecule has 4 rings (SSSR count). The van der Waals surface area contributed by atoms with Crippen LogP contribution >= 0.6 is 11.8 Å². The molecule has 0 spiro atoms. The summed E-state index contributed by atoms with van der Waals surface area (Å²) in [5.41, 5.74) is 2.04. The number of carbonyl (C=O) groups excluding carboxylic acids is 1. The fourth-order valence-corrected chi connectivity index (χ4v) is 4.31. The highest BCUT2D eigenvalue weighted by Crippen LogP contribution is 2.27. The number of carbonyl (C=O) groups is 1. The summed E-state index contributed by atoms with van der Waals surface area (Å²) in [4.78, 5) is 26.0. The van der Waals surface area contributed by atoms with E-state index in [1.54, 1.807) is 13.2 Å². The third-order valence-corrected chi connectivity index (χ3v) is 6.62. The first-order valence-corrected chi connectivity index (χ1v) is 11.8. The van der Waals surface area contributed by atoms with Crippen molar-refractivity contribution in [2.45, 2.75) is 38.9 Å². The summed E-state index contributed by atoms with van der Waals surface area (Å²) in [6.07, 6.45) is 0. The predicted octanol–water partition coefficient (Wildman–Crippen LogP) is 3.60. The number of thioether (sulfide) groups is 1. The topological polar surface area (TPSA) is 90.5 Å². The van der Waals surface area contributed by atoms with Crippen molar-refractivity contribution in [2.24, 2.45) is 5.92 Å². The maximum atomic E-state index is 13.5. The molecule has 0 fully saturated rings. The highest BCUT2D eigenvalue weighted by molar-refractivity contribution is 7.99. The first kappa shape index (κ1) is 22.8. The molecule has 1 unspecified atom stereocenters. The Bertz CT molecular complexity index is 1390. The molecule has 1 atom stereocenters. The van der Waals surface area contributed by atoms with Crippen LogP contribution in [0.1, 0.15) is 26.3 Å². The third kappa shape index (κ3) is 4.32. The van der Waals surface area contributed by atoms with Crippen molar-refractivity contribution in [2.75, 3.05) is 12.9 Å². The largest absolute Gasteiger partial charge is 0.495 e. The van der Waals surface area contributed by atoms with Crippen molar-refractivity contribution in [3.8, 4) is 11.4 Å². The first-order chi connectivity index (χ1) is 15.8. The minimum absolute atomic E-state index is 0.0732.